The van der Waals surface area contributed by atoms with Crippen molar-refractivity contribution in [2.45, 2.75) is 57.9 Å². The van der Waals surface area contributed by atoms with Crippen molar-refractivity contribution in [3.05, 3.63) is 0 Å². The maximum absolute atomic E-state index is 11.7. The van der Waals surface area contributed by atoms with Crippen LogP contribution in [0.4, 0.5) is 0 Å². The van der Waals surface area contributed by atoms with Gasteiger partial charge in [0.2, 0.25) is 0 Å². The molecule has 0 amide bonds. The fraction of sp³-hybridized carbons (Fsp3) is 1.00. The molecular formula is C12H25NOS. The second-order valence-electron chi connectivity index (χ2n) is 4.73. The minimum absolute atomic E-state index is 0.190. The normalized spacial score (nSPS) is 21.7. The summed E-state index contributed by atoms with van der Waals surface area (Å²) >= 11 is 0. The lowest BCUT2D eigenvalue weighted by Crippen LogP contribution is -2.34. The van der Waals surface area contributed by atoms with E-state index in [0.717, 1.165) is 17.9 Å². The van der Waals surface area contributed by atoms with Crippen molar-refractivity contribution in [2.75, 3.05) is 11.5 Å². The molecule has 0 aliphatic heterocycles. The molecule has 2 unspecified atom stereocenters. The van der Waals surface area contributed by atoms with Crippen molar-refractivity contribution in [1.29, 1.82) is 0 Å². The third-order valence-corrected chi connectivity index (χ3v) is 4.86. The van der Waals surface area contributed by atoms with E-state index < -0.39 is 10.8 Å². The van der Waals surface area contributed by atoms with Crippen LogP contribution in [0.25, 0.3) is 0 Å². The topological polar surface area (TPSA) is 43.1 Å². The van der Waals surface area contributed by atoms with Gasteiger partial charge in [0, 0.05) is 28.3 Å². The molecule has 3 heteroatoms. The fourth-order valence-electron chi connectivity index (χ4n) is 2.33. The van der Waals surface area contributed by atoms with Gasteiger partial charge in [-0.15, -0.1) is 0 Å². The molecule has 15 heavy (non-hydrogen) atoms. The first kappa shape index (κ1) is 13.2. The Morgan fingerprint density at radius 2 is 2.00 bits per heavy atom. The third-order valence-electron chi connectivity index (χ3n) is 3.36. The Morgan fingerprint density at radius 3 is 2.60 bits per heavy atom. The van der Waals surface area contributed by atoms with Crippen molar-refractivity contribution < 1.29 is 4.21 Å². The van der Waals surface area contributed by atoms with Crippen LogP contribution in [-0.4, -0.2) is 21.8 Å². The molecule has 1 aliphatic carbocycles. The van der Waals surface area contributed by atoms with Gasteiger partial charge in [0.25, 0.3) is 0 Å². The van der Waals surface area contributed by atoms with Gasteiger partial charge in [0.1, 0.15) is 0 Å². The standard InChI is InChI=1S/C12H25NOS/c1-2-3-6-9-15(14)10-12(13)11-7-4-5-8-11/h11-12H,2-10,13H2,1H3. The van der Waals surface area contributed by atoms with Crippen LogP contribution in [-0.2, 0) is 10.8 Å². The zero-order valence-electron chi connectivity index (χ0n) is 9.91. The van der Waals surface area contributed by atoms with E-state index >= 15 is 0 Å². The molecule has 0 heterocycles. The van der Waals surface area contributed by atoms with Crippen LogP contribution in [0.2, 0.25) is 0 Å². The molecule has 0 saturated heterocycles. The van der Waals surface area contributed by atoms with Crippen LogP contribution in [0.3, 0.4) is 0 Å². The van der Waals surface area contributed by atoms with Crippen molar-refractivity contribution in [3.63, 3.8) is 0 Å². The smallest absolute Gasteiger partial charge is 0.0389 e. The Balaban J connectivity index is 2.13. The zero-order valence-corrected chi connectivity index (χ0v) is 10.7. The minimum Gasteiger partial charge on any atom is -0.327 e. The minimum atomic E-state index is -0.673. The zero-order chi connectivity index (χ0) is 11.1. The van der Waals surface area contributed by atoms with Gasteiger partial charge in [-0.2, -0.15) is 0 Å². The predicted octanol–water partition coefficient (Wildman–Crippen LogP) is 2.44. The van der Waals surface area contributed by atoms with Gasteiger partial charge >= 0.3 is 0 Å². The Morgan fingerprint density at radius 1 is 1.33 bits per heavy atom. The van der Waals surface area contributed by atoms with Crippen LogP contribution in [0.1, 0.15) is 51.9 Å². The van der Waals surface area contributed by atoms with Crippen LogP contribution >= 0.6 is 0 Å². The number of hydrogen-bond donors (Lipinski definition) is 1. The average molecular weight is 231 g/mol. The number of unbranched alkanes of at least 4 members (excludes halogenated alkanes) is 2. The molecule has 0 bridgehead atoms. The van der Waals surface area contributed by atoms with Crippen molar-refractivity contribution in [2.24, 2.45) is 11.7 Å². The summed E-state index contributed by atoms with van der Waals surface area (Å²) < 4.78 is 11.7. The van der Waals surface area contributed by atoms with E-state index in [1.807, 2.05) is 0 Å². The molecular weight excluding hydrogens is 206 g/mol. The highest BCUT2D eigenvalue weighted by Gasteiger charge is 2.23. The number of rotatable bonds is 7. The largest absolute Gasteiger partial charge is 0.327 e. The highest BCUT2D eigenvalue weighted by atomic mass is 32.2. The van der Waals surface area contributed by atoms with Crippen LogP contribution < -0.4 is 5.73 Å². The van der Waals surface area contributed by atoms with Crippen molar-refractivity contribution >= 4 is 10.8 Å². The molecule has 0 aromatic rings. The highest BCUT2D eigenvalue weighted by Crippen LogP contribution is 2.27. The molecule has 90 valence electrons. The Kier molecular flexibility index (Phi) is 6.50. The fourth-order valence-corrected chi connectivity index (χ4v) is 3.73. The monoisotopic (exact) mass is 231 g/mol. The lowest BCUT2D eigenvalue weighted by molar-refractivity contribution is 0.460. The molecule has 0 radical (unpaired) electrons. The first-order valence-electron chi connectivity index (χ1n) is 6.34. The summed E-state index contributed by atoms with van der Waals surface area (Å²) in [6, 6.07) is 0.190. The first-order chi connectivity index (χ1) is 7.24. The first-order valence-corrected chi connectivity index (χ1v) is 7.83. The third kappa shape index (κ3) is 5.12. The second kappa shape index (κ2) is 7.39. The summed E-state index contributed by atoms with van der Waals surface area (Å²) in [4.78, 5) is 0. The molecule has 1 rings (SSSR count). The van der Waals surface area contributed by atoms with Gasteiger partial charge < -0.3 is 5.73 Å². The molecule has 1 fully saturated rings. The molecule has 2 N–H and O–H groups in total. The molecule has 2 nitrogen and oxygen atoms in total. The van der Waals surface area contributed by atoms with Crippen LogP contribution in [0.5, 0.6) is 0 Å². The molecule has 0 spiro atoms. The van der Waals surface area contributed by atoms with E-state index in [9.17, 15) is 4.21 Å². The van der Waals surface area contributed by atoms with Gasteiger partial charge in [-0.25, -0.2) is 0 Å². The maximum atomic E-state index is 11.7. The lowest BCUT2D eigenvalue weighted by atomic mass is 10.0. The van der Waals surface area contributed by atoms with Crippen molar-refractivity contribution in [3.8, 4) is 0 Å². The molecule has 0 aromatic carbocycles. The van der Waals surface area contributed by atoms with E-state index in [-0.39, 0.29) is 6.04 Å². The summed E-state index contributed by atoms with van der Waals surface area (Å²) in [6.45, 7) is 2.17. The summed E-state index contributed by atoms with van der Waals surface area (Å²) in [5.74, 6) is 2.24. The molecule has 0 aromatic heterocycles. The number of nitrogens with two attached hydrogens (primary N) is 1. The summed E-state index contributed by atoms with van der Waals surface area (Å²) in [7, 11) is -0.673. The van der Waals surface area contributed by atoms with Gasteiger partial charge in [-0.3, -0.25) is 4.21 Å². The maximum Gasteiger partial charge on any atom is 0.0389 e. The van der Waals surface area contributed by atoms with Gasteiger partial charge in [-0.05, 0) is 25.2 Å². The van der Waals surface area contributed by atoms with Gasteiger partial charge in [0.15, 0.2) is 0 Å². The van der Waals surface area contributed by atoms with Crippen molar-refractivity contribution in [1.82, 2.24) is 0 Å². The summed E-state index contributed by atoms with van der Waals surface area (Å²) in [5, 5.41) is 0. The lowest BCUT2D eigenvalue weighted by Gasteiger charge is -2.18. The summed E-state index contributed by atoms with van der Waals surface area (Å²) in [6.07, 6.45) is 8.65. The van der Waals surface area contributed by atoms with Gasteiger partial charge in [-0.1, -0.05) is 32.6 Å². The van der Waals surface area contributed by atoms with Crippen LogP contribution in [0, 0.1) is 5.92 Å². The molecule has 1 saturated carbocycles. The van der Waals surface area contributed by atoms with E-state index in [4.69, 9.17) is 5.73 Å². The Bertz CT molecular complexity index is 190. The second-order valence-corrected chi connectivity index (χ2v) is 6.35. The SMILES string of the molecule is CCCCCS(=O)CC(N)C1CCCC1. The van der Waals surface area contributed by atoms with E-state index in [0.29, 0.717) is 5.92 Å². The van der Waals surface area contributed by atoms with Crippen LogP contribution in [0.15, 0.2) is 0 Å². The average Bonchev–Trinajstić information content (AvgIpc) is 2.70. The van der Waals surface area contributed by atoms with Gasteiger partial charge in [0.05, 0.1) is 0 Å². The Hall–Kier alpha value is 0.110. The predicted molar refractivity (Wildman–Crippen MR) is 67.3 cm³/mol. The number of hydrogen-bond acceptors (Lipinski definition) is 2. The van der Waals surface area contributed by atoms with E-state index in [2.05, 4.69) is 6.92 Å². The summed E-state index contributed by atoms with van der Waals surface area (Å²) in [5.41, 5.74) is 6.09. The van der Waals surface area contributed by atoms with E-state index in [1.165, 1.54) is 38.5 Å². The quantitative estimate of drug-likeness (QED) is 0.684. The molecule has 1 aliphatic rings. The molecule has 2 atom stereocenters. The van der Waals surface area contributed by atoms with E-state index in [1.54, 1.807) is 0 Å². The Labute approximate surface area is 96.5 Å². The highest BCUT2D eigenvalue weighted by molar-refractivity contribution is 7.85.